The summed E-state index contributed by atoms with van der Waals surface area (Å²) in [4.78, 5) is 12.3. The second-order valence-corrected chi connectivity index (χ2v) is 8.72. The molecule has 0 aliphatic heterocycles. The fourth-order valence-corrected chi connectivity index (χ4v) is 5.01. The highest BCUT2D eigenvalue weighted by Crippen LogP contribution is 2.39. The Morgan fingerprint density at radius 1 is 1.36 bits per heavy atom. The third-order valence-corrected chi connectivity index (χ3v) is 6.47. The van der Waals surface area contributed by atoms with Crippen molar-refractivity contribution in [2.75, 3.05) is 6.54 Å². The van der Waals surface area contributed by atoms with Gasteiger partial charge in [0.15, 0.2) is 0 Å². The summed E-state index contributed by atoms with van der Waals surface area (Å²) in [5.41, 5.74) is 6.09. The summed E-state index contributed by atoms with van der Waals surface area (Å²) in [5, 5.41) is 6.86. The third-order valence-electron chi connectivity index (χ3n) is 5.12. The summed E-state index contributed by atoms with van der Waals surface area (Å²) >= 11 is 0. The Kier molecular flexibility index (Phi) is 6.47. The molecule has 1 amide bonds. The first-order valence-electron chi connectivity index (χ1n) is 8.38. The second-order valence-electron chi connectivity index (χ2n) is 6.95. The summed E-state index contributed by atoms with van der Waals surface area (Å²) < 4.78 is 28.0. The van der Waals surface area contributed by atoms with Crippen molar-refractivity contribution < 1.29 is 13.2 Å². The number of hydrogen-bond donors (Lipinski definition) is 3. The number of carbonyl (C=O) groups excluding carboxylic acids is 1. The first-order valence-corrected chi connectivity index (χ1v) is 9.87. The van der Waals surface area contributed by atoms with Gasteiger partial charge in [-0.25, -0.2) is 13.1 Å². The maximum atomic E-state index is 12.2. The molecule has 142 valence electrons. The minimum Gasteiger partial charge on any atom is -0.352 e. The average Bonchev–Trinajstić information content (AvgIpc) is 2.94. The molecule has 0 spiro atoms. The number of fused-ring (bicyclic) bond motifs is 2. The predicted molar refractivity (Wildman–Crippen MR) is 95.6 cm³/mol. The lowest BCUT2D eigenvalue weighted by atomic mass is 9.67. The number of nitrogens with zero attached hydrogens (tertiary/aromatic N) is 2. The van der Waals surface area contributed by atoms with Gasteiger partial charge in [-0.1, -0.05) is 6.42 Å². The normalized spacial score (nSPS) is 28.9. The van der Waals surface area contributed by atoms with Gasteiger partial charge in [0, 0.05) is 25.3 Å². The van der Waals surface area contributed by atoms with Gasteiger partial charge < -0.3 is 11.1 Å². The number of sulfonamides is 1. The molecule has 25 heavy (non-hydrogen) atoms. The smallest absolute Gasteiger partial charge is 0.244 e. The number of aryl methyl sites for hydroxylation is 1. The van der Waals surface area contributed by atoms with Gasteiger partial charge in [0.05, 0.1) is 12.7 Å². The Balaban J connectivity index is 0.00000225. The van der Waals surface area contributed by atoms with Crippen LogP contribution in [0.25, 0.3) is 0 Å². The SMILES string of the molecule is Cl.Cn1cc(S(=O)(=O)NCC(=O)NC2C3CCCC2CC(N)C3)cn1. The van der Waals surface area contributed by atoms with Gasteiger partial charge in [-0.15, -0.1) is 12.4 Å². The first kappa shape index (κ1) is 20.2. The van der Waals surface area contributed by atoms with E-state index in [1.54, 1.807) is 7.05 Å². The van der Waals surface area contributed by atoms with Crippen LogP contribution in [0.5, 0.6) is 0 Å². The van der Waals surface area contributed by atoms with Crippen LogP contribution >= 0.6 is 12.4 Å². The number of rotatable bonds is 5. The summed E-state index contributed by atoms with van der Waals surface area (Å²) in [6.07, 6.45) is 7.86. The van der Waals surface area contributed by atoms with E-state index in [4.69, 9.17) is 5.73 Å². The van der Waals surface area contributed by atoms with Gasteiger partial charge >= 0.3 is 0 Å². The van der Waals surface area contributed by atoms with E-state index in [1.165, 1.54) is 23.5 Å². The Bertz CT molecular complexity index is 694. The van der Waals surface area contributed by atoms with E-state index >= 15 is 0 Å². The van der Waals surface area contributed by atoms with Crippen molar-refractivity contribution in [3.8, 4) is 0 Å². The summed E-state index contributed by atoms with van der Waals surface area (Å²) in [6, 6.07) is 0.339. The lowest BCUT2D eigenvalue weighted by molar-refractivity contribution is -0.122. The lowest BCUT2D eigenvalue weighted by Crippen LogP contribution is -2.55. The summed E-state index contributed by atoms with van der Waals surface area (Å²) in [7, 11) is -2.08. The minimum atomic E-state index is -3.72. The van der Waals surface area contributed by atoms with E-state index in [2.05, 4.69) is 15.1 Å². The van der Waals surface area contributed by atoms with E-state index in [-0.39, 0.29) is 41.8 Å². The second kappa shape index (κ2) is 8.03. The van der Waals surface area contributed by atoms with Crippen molar-refractivity contribution in [2.45, 2.75) is 49.1 Å². The quantitative estimate of drug-likeness (QED) is 0.659. The molecule has 0 saturated heterocycles. The van der Waals surface area contributed by atoms with E-state index in [0.717, 1.165) is 25.7 Å². The van der Waals surface area contributed by atoms with E-state index in [9.17, 15) is 13.2 Å². The van der Waals surface area contributed by atoms with Crippen molar-refractivity contribution in [2.24, 2.45) is 24.6 Å². The number of carbonyl (C=O) groups is 1. The van der Waals surface area contributed by atoms with Crippen LogP contribution in [0.2, 0.25) is 0 Å². The molecule has 0 aromatic carbocycles. The zero-order chi connectivity index (χ0) is 17.3. The molecular weight excluding hydrogens is 366 g/mol. The minimum absolute atomic E-state index is 0. The topological polar surface area (TPSA) is 119 Å². The fraction of sp³-hybridized carbons (Fsp3) is 0.733. The highest BCUT2D eigenvalue weighted by atomic mass is 35.5. The molecule has 2 aliphatic carbocycles. The van der Waals surface area contributed by atoms with E-state index in [1.807, 2.05) is 0 Å². The van der Waals surface area contributed by atoms with Gasteiger partial charge in [-0.05, 0) is 37.5 Å². The van der Waals surface area contributed by atoms with Crippen LogP contribution in [-0.2, 0) is 21.9 Å². The van der Waals surface area contributed by atoms with Crippen molar-refractivity contribution in [1.82, 2.24) is 19.8 Å². The molecular formula is C15H26ClN5O3S. The zero-order valence-corrected chi connectivity index (χ0v) is 15.9. The molecule has 8 nitrogen and oxygen atoms in total. The van der Waals surface area contributed by atoms with Gasteiger partial charge in [0.25, 0.3) is 0 Å². The number of amides is 1. The zero-order valence-electron chi connectivity index (χ0n) is 14.2. The maximum Gasteiger partial charge on any atom is 0.244 e. The average molecular weight is 392 g/mol. The molecule has 3 rings (SSSR count). The summed E-state index contributed by atoms with van der Waals surface area (Å²) in [5.74, 6) is 0.526. The van der Waals surface area contributed by atoms with Crippen LogP contribution in [0.15, 0.2) is 17.3 Å². The molecule has 2 bridgehead atoms. The molecule has 2 aliphatic rings. The Labute approximate surface area is 154 Å². The van der Waals surface area contributed by atoms with Crippen LogP contribution in [0.3, 0.4) is 0 Å². The monoisotopic (exact) mass is 391 g/mol. The molecule has 1 aromatic heterocycles. The van der Waals surface area contributed by atoms with Gasteiger partial charge in [-0.2, -0.15) is 5.10 Å². The van der Waals surface area contributed by atoms with Crippen molar-refractivity contribution in [3.63, 3.8) is 0 Å². The molecule has 4 N–H and O–H groups in total. The number of halogens is 1. The van der Waals surface area contributed by atoms with Crippen LogP contribution in [0.4, 0.5) is 0 Å². The van der Waals surface area contributed by atoms with Gasteiger partial charge in [0.2, 0.25) is 15.9 Å². The maximum absolute atomic E-state index is 12.2. The van der Waals surface area contributed by atoms with Crippen LogP contribution in [0, 0.1) is 11.8 Å². The molecule has 2 atom stereocenters. The highest BCUT2D eigenvalue weighted by Gasteiger charge is 2.39. The van der Waals surface area contributed by atoms with Crippen LogP contribution < -0.4 is 15.8 Å². The van der Waals surface area contributed by atoms with Crippen LogP contribution in [-0.4, -0.2) is 42.7 Å². The number of aromatic nitrogens is 2. The lowest BCUT2D eigenvalue weighted by Gasteiger charge is -2.45. The predicted octanol–water partition coefficient (Wildman–Crippen LogP) is 0.142. The number of nitrogens with one attached hydrogen (secondary N) is 2. The van der Waals surface area contributed by atoms with Crippen molar-refractivity contribution >= 4 is 28.3 Å². The number of nitrogens with two attached hydrogens (primary N) is 1. The van der Waals surface area contributed by atoms with Gasteiger partial charge in [0.1, 0.15) is 4.90 Å². The molecule has 10 heteroatoms. The van der Waals surface area contributed by atoms with Gasteiger partial charge in [-0.3, -0.25) is 9.48 Å². The Morgan fingerprint density at radius 2 is 2.00 bits per heavy atom. The third kappa shape index (κ3) is 4.72. The fourth-order valence-electron chi connectivity index (χ4n) is 4.04. The number of hydrogen-bond acceptors (Lipinski definition) is 5. The van der Waals surface area contributed by atoms with E-state index < -0.39 is 10.0 Å². The molecule has 1 aromatic rings. The molecule has 0 radical (unpaired) electrons. The Morgan fingerprint density at radius 3 is 2.56 bits per heavy atom. The van der Waals surface area contributed by atoms with Crippen molar-refractivity contribution in [1.29, 1.82) is 0 Å². The molecule has 2 fully saturated rings. The Hall–Kier alpha value is -1.16. The highest BCUT2D eigenvalue weighted by molar-refractivity contribution is 7.89. The largest absolute Gasteiger partial charge is 0.352 e. The molecule has 2 unspecified atom stereocenters. The first-order chi connectivity index (χ1) is 11.3. The van der Waals surface area contributed by atoms with Crippen LogP contribution in [0.1, 0.15) is 32.1 Å². The van der Waals surface area contributed by atoms with E-state index in [0.29, 0.717) is 11.8 Å². The molecule has 2 saturated carbocycles. The summed E-state index contributed by atoms with van der Waals surface area (Å²) in [6.45, 7) is -0.265. The standard InChI is InChI=1S/C15H25N5O3S.ClH/c1-20-9-13(7-17-20)24(22,23)18-8-14(21)19-15-10-3-2-4-11(15)6-12(16)5-10;/h7,9-12,15,18H,2-6,8,16H2,1H3,(H,19,21);1H. The van der Waals surface area contributed by atoms with Crippen molar-refractivity contribution in [3.05, 3.63) is 12.4 Å². The molecule has 1 heterocycles.